The third-order valence-electron chi connectivity index (χ3n) is 4.19. The van der Waals surface area contributed by atoms with Gasteiger partial charge in [0.2, 0.25) is 10.0 Å². The maximum absolute atomic E-state index is 12.0. The fourth-order valence-electron chi connectivity index (χ4n) is 2.98. The number of fused-ring (bicyclic) bond motifs is 1. The molecule has 0 aliphatic carbocycles. The van der Waals surface area contributed by atoms with Gasteiger partial charge in [-0.05, 0) is 44.0 Å². The summed E-state index contributed by atoms with van der Waals surface area (Å²) >= 11 is 6.01. The average molecular weight is 327 g/mol. The molecule has 1 atom stereocenters. The van der Waals surface area contributed by atoms with Crippen LogP contribution in [0.25, 0.3) is 10.9 Å². The number of H-pyrrole nitrogens is 1. The van der Waals surface area contributed by atoms with Gasteiger partial charge in [-0.25, -0.2) is 12.7 Å². The molecular weight excluding hydrogens is 308 g/mol. The molecule has 1 aromatic carbocycles. The zero-order chi connectivity index (χ0) is 15.0. The first-order chi connectivity index (χ1) is 9.99. The monoisotopic (exact) mass is 326 g/mol. The van der Waals surface area contributed by atoms with Crippen LogP contribution in [-0.4, -0.2) is 36.5 Å². The fourth-order valence-corrected chi connectivity index (χ4v) is 4.34. The molecule has 1 N–H and O–H groups in total. The van der Waals surface area contributed by atoms with Crippen LogP contribution >= 0.6 is 11.6 Å². The lowest BCUT2D eigenvalue weighted by Crippen LogP contribution is -2.39. The Bertz CT molecular complexity index is 754. The van der Waals surface area contributed by atoms with Gasteiger partial charge in [0.05, 0.1) is 5.75 Å². The first kappa shape index (κ1) is 14.9. The van der Waals surface area contributed by atoms with Gasteiger partial charge in [-0.2, -0.15) is 0 Å². The van der Waals surface area contributed by atoms with Crippen LogP contribution in [0.2, 0.25) is 5.02 Å². The molecule has 1 fully saturated rings. The van der Waals surface area contributed by atoms with Crippen molar-refractivity contribution in [1.29, 1.82) is 0 Å². The Morgan fingerprint density at radius 1 is 1.38 bits per heavy atom. The van der Waals surface area contributed by atoms with E-state index in [-0.39, 0.29) is 11.7 Å². The summed E-state index contributed by atoms with van der Waals surface area (Å²) in [7, 11) is -3.10. The van der Waals surface area contributed by atoms with Crippen LogP contribution in [0.15, 0.2) is 24.3 Å². The summed E-state index contributed by atoms with van der Waals surface area (Å²) in [6.45, 7) is 2.90. The highest BCUT2D eigenvalue weighted by Gasteiger charge is 2.29. The van der Waals surface area contributed by atoms with Crippen molar-refractivity contribution >= 4 is 32.5 Å². The summed E-state index contributed by atoms with van der Waals surface area (Å²) in [5, 5.41) is 1.79. The number of benzene rings is 1. The van der Waals surface area contributed by atoms with Crippen molar-refractivity contribution in [2.45, 2.75) is 25.7 Å². The number of rotatable bonds is 3. The summed E-state index contributed by atoms with van der Waals surface area (Å²) in [4.78, 5) is 3.40. The molecule has 3 rings (SSSR count). The minimum Gasteiger partial charge on any atom is -0.358 e. The molecule has 114 valence electrons. The maximum Gasteiger partial charge on any atom is 0.213 e. The number of halogens is 1. The van der Waals surface area contributed by atoms with E-state index in [0.29, 0.717) is 18.1 Å². The van der Waals surface area contributed by atoms with Gasteiger partial charge in [0.15, 0.2) is 0 Å². The molecule has 1 aliphatic rings. The van der Waals surface area contributed by atoms with Crippen LogP contribution in [0.3, 0.4) is 0 Å². The summed E-state index contributed by atoms with van der Waals surface area (Å²) < 4.78 is 25.7. The molecule has 1 aromatic heterocycles. The Hall–Kier alpha value is -1.04. The highest BCUT2D eigenvalue weighted by atomic mass is 35.5. The topological polar surface area (TPSA) is 53.2 Å². The Morgan fingerprint density at radius 3 is 2.95 bits per heavy atom. The quantitative estimate of drug-likeness (QED) is 0.940. The molecule has 1 unspecified atom stereocenters. The Morgan fingerprint density at radius 2 is 2.19 bits per heavy atom. The van der Waals surface area contributed by atoms with E-state index in [0.717, 1.165) is 29.4 Å². The molecule has 4 nitrogen and oxygen atoms in total. The van der Waals surface area contributed by atoms with Crippen molar-refractivity contribution in [2.75, 3.05) is 18.8 Å². The molecular formula is C15H19ClN2O2S. The summed E-state index contributed by atoms with van der Waals surface area (Å²) in [5.74, 6) is 0.397. The van der Waals surface area contributed by atoms with E-state index in [1.165, 1.54) is 0 Å². The Kier molecular flexibility index (Phi) is 3.99. The molecule has 6 heteroatoms. The number of piperidine rings is 1. The maximum atomic E-state index is 12.0. The van der Waals surface area contributed by atoms with Crippen LogP contribution in [0, 0.1) is 0 Å². The lowest BCUT2D eigenvalue weighted by atomic mass is 9.96. The molecule has 1 aliphatic heterocycles. The smallest absolute Gasteiger partial charge is 0.213 e. The van der Waals surface area contributed by atoms with E-state index in [4.69, 9.17) is 11.6 Å². The molecule has 1 saturated heterocycles. The third kappa shape index (κ3) is 2.96. The molecule has 0 bridgehead atoms. The van der Waals surface area contributed by atoms with Gasteiger partial charge in [0.25, 0.3) is 0 Å². The van der Waals surface area contributed by atoms with Crippen molar-refractivity contribution in [3.05, 3.63) is 35.0 Å². The predicted octanol–water partition coefficient (Wildman–Crippen LogP) is 3.35. The second-order valence-corrected chi connectivity index (χ2v) is 8.25. The van der Waals surface area contributed by atoms with Crippen molar-refractivity contribution in [3.8, 4) is 0 Å². The van der Waals surface area contributed by atoms with Gasteiger partial charge >= 0.3 is 0 Å². The lowest BCUT2D eigenvalue weighted by molar-refractivity contribution is 0.314. The third-order valence-corrected chi connectivity index (χ3v) is 6.27. The number of sulfonamides is 1. The average Bonchev–Trinajstić information content (AvgIpc) is 2.90. The second-order valence-electron chi connectivity index (χ2n) is 5.55. The lowest BCUT2D eigenvalue weighted by Gasteiger charge is -2.31. The predicted molar refractivity (Wildman–Crippen MR) is 86.3 cm³/mol. The number of nitrogens with zero attached hydrogens (tertiary/aromatic N) is 1. The number of aromatic nitrogens is 1. The van der Waals surface area contributed by atoms with Crippen LogP contribution in [0.4, 0.5) is 0 Å². The standard InChI is InChI=1S/C15H19ClN2O2S/c1-2-21(19,20)18-7-3-4-11(10-18)15-9-12-8-13(16)5-6-14(12)17-15/h5-6,8-9,11,17H,2-4,7,10H2,1H3. The molecule has 21 heavy (non-hydrogen) atoms. The highest BCUT2D eigenvalue weighted by molar-refractivity contribution is 7.89. The zero-order valence-electron chi connectivity index (χ0n) is 12.0. The van der Waals surface area contributed by atoms with Crippen molar-refractivity contribution in [1.82, 2.24) is 9.29 Å². The van der Waals surface area contributed by atoms with Gasteiger partial charge < -0.3 is 4.98 Å². The van der Waals surface area contributed by atoms with Crippen molar-refractivity contribution < 1.29 is 8.42 Å². The highest BCUT2D eigenvalue weighted by Crippen LogP contribution is 2.30. The van der Waals surface area contributed by atoms with Gasteiger partial charge in [0.1, 0.15) is 0 Å². The van der Waals surface area contributed by atoms with E-state index in [1.54, 1.807) is 11.2 Å². The first-order valence-corrected chi connectivity index (χ1v) is 9.24. The van der Waals surface area contributed by atoms with Gasteiger partial charge in [-0.3, -0.25) is 0 Å². The number of hydrogen-bond donors (Lipinski definition) is 1. The first-order valence-electron chi connectivity index (χ1n) is 7.25. The molecule has 0 radical (unpaired) electrons. The summed E-state index contributed by atoms with van der Waals surface area (Å²) in [6.07, 6.45) is 1.91. The van der Waals surface area contributed by atoms with Gasteiger partial charge in [-0.1, -0.05) is 11.6 Å². The van der Waals surface area contributed by atoms with Crippen LogP contribution in [0.5, 0.6) is 0 Å². The normalized spacial score (nSPS) is 21.0. The second kappa shape index (κ2) is 5.63. The molecule has 0 amide bonds. The Labute approximate surface area is 130 Å². The number of nitrogens with one attached hydrogen (secondary N) is 1. The van der Waals surface area contributed by atoms with E-state index in [2.05, 4.69) is 11.1 Å². The number of hydrogen-bond acceptors (Lipinski definition) is 2. The largest absolute Gasteiger partial charge is 0.358 e. The fraction of sp³-hybridized carbons (Fsp3) is 0.467. The number of aromatic amines is 1. The van der Waals surface area contributed by atoms with Crippen LogP contribution in [-0.2, 0) is 10.0 Å². The van der Waals surface area contributed by atoms with Gasteiger partial charge in [-0.15, -0.1) is 0 Å². The van der Waals surface area contributed by atoms with E-state index >= 15 is 0 Å². The SMILES string of the molecule is CCS(=O)(=O)N1CCCC(c2cc3cc(Cl)ccc3[nH]2)C1. The van der Waals surface area contributed by atoms with E-state index in [1.807, 2.05) is 18.2 Å². The molecule has 2 heterocycles. The minimum atomic E-state index is -3.10. The van der Waals surface area contributed by atoms with E-state index < -0.39 is 10.0 Å². The molecule has 0 spiro atoms. The van der Waals surface area contributed by atoms with Crippen molar-refractivity contribution in [2.24, 2.45) is 0 Å². The zero-order valence-corrected chi connectivity index (χ0v) is 13.5. The summed E-state index contributed by atoms with van der Waals surface area (Å²) in [6, 6.07) is 7.84. The van der Waals surface area contributed by atoms with Crippen LogP contribution < -0.4 is 0 Å². The molecule has 0 saturated carbocycles. The minimum absolute atomic E-state index is 0.169. The van der Waals surface area contributed by atoms with Crippen LogP contribution in [0.1, 0.15) is 31.4 Å². The van der Waals surface area contributed by atoms with Crippen molar-refractivity contribution in [3.63, 3.8) is 0 Å². The summed E-state index contributed by atoms with van der Waals surface area (Å²) in [5.41, 5.74) is 2.15. The molecule has 2 aromatic rings. The Balaban J connectivity index is 1.88. The van der Waals surface area contributed by atoms with Gasteiger partial charge in [0, 0.05) is 40.6 Å². The van der Waals surface area contributed by atoms with E-state index in [9.17, 15) is 8.42 Å².